The van der Waals surface area contributed by atoms with Crippen molar-refractivity contribution in [3.63, 3.8) is 0 Å². The molecule has 0 aromatic heterocycles. The minimum absolute atomic E-state index is 0.244. The van der Waals surface area contributed by atoms with E-state index in [9.17, 15) is 9.18 Å². The molecule has 1 atom stereocenters. The van der Waals surface area contributed by atoms with Crippen molar-refractivity contribution >= 4 is 37.8 Å². The summed E-state index contributed by atoms with van der Waals surface area (Å²) < 4.78 is 13.6. The summed E-state index contributed by atoms with van der Waals surface area (Å²) in [6, 6.07) is 4.12. The highest BCUT2D eigenvalue weighted by Crippen LogP contribution is 2.15. The molecule has 2 nitrogen and oxygen atoms in total. The van der Waals surface area contributed by atoms with Crippen molar-refractivity contribution in [1.29, 1.82) is 0 Å². The fraction of sp³-hybridized carbons (Fsp3) is 0.364. The van der Waals surface area contributed by atoms with Crippen LogP contribution in [0.5, 0.6) is 0 Å². The summed E-state index contributed by atoms with van der Waals surface area (Å²) in [5.74, 6) is -0.691. The van der Waals surface area contributed by atoms with Gasteiger partial charge in [0.2, 0.25) is 0 Å². The van der Waals surface area contributed by atoms with Crippen LogP contribution in [0.2, 0.25) is 0 Å². The number of amides is 1. The lowest BCUT2D eigenvalue weighted by atomic mass is 10.2. The number of hydrogen-bond acceptors (Lipinski definition) is 1. The molecule has 5 heteroatoms. The van der Waals surface area contributed by atoms with Gasteiger partial charge in [-0.3, -0.25) is 4.79 Å². The normalized spacial score (nSPS) is 12.2. The van der Waals surface area contributed by atoms with Crippen LogP contribution in [0, 0.1) is 5.82 Å². The molecule has 0 aliphatic carbocycles. The summed E-state index contributed by atoms with van der Waals surface area (Å²) >= 11 is 6.55. The van der Waals surface area contributed by atoms with Gasteiger partial charge in [0.15, 0.2) is 0 Å². The van der Waals surface area contributed by atoms with Crippen LogP contribution < -0.4 is 5.32 Å². The van der Waals surface area contributed by atoms with E-state index in [4.69, 9.17) is 0 Å². The van der Waals surface area contributed by atoms with Gasteiger partial charge in [-0.2, -0.15) is 0 Å². The second-order valence-corrected chi connectivity index (χ2v) is 5.58. The van der Waals surface area contributed by atoms with Crippen LogP contribution in [-0.4, -0.2) is 17.3 Å². The zero-order valence-corrected chi connectivity index (χ0v) is 11.9. The number of benzene rings is 1. The Hall–Kier alpha value is -0.420. The van der Waals surface area contributed by atoms with Crippen molar-refractivity contribution in [2.45, 2.75) is 18.2 Å². The van der Waals surface area contributed by atoms with Crippen molar-refractivity contribution in [2.75, 3.05) is 6.54 Å². The molecular formula is C11H12Br2FNO. The summed E-state index contributed by atoms with van der Waals surface area (Å²) in [6.07, 6.45) is 0.924. The second-order valence-electron chi connectivity index (χ2n) is 3.37. The summed E-state index contributed by atoms with van der Waals surface area (Å²) in [5.41, 5.74) is 0.322. The molecule has 0 radical (unpaired) electrons. The Kier molecular flexibility index (Phi) is 5.41. The molecule has 1 rings (SSSR count). The van der Waals surface area contributed by atoms with Gasteiger partial charge in [-0.1, -0.05) is 38.8 Å². The van der Waals surface area contributed by atoms with Gasteiger partial charge >= 0.3 is 0 Å². The number of alkyl halides is 1. The molecule has 16 heavy (non-hydrogen) atoms. The SMILES string of the molecule is CCC(Br)CNC(=O)c1cc(F)cc(Br)c1. The standard InChI is InChI=1S/C11H12Br2FNO/c1-2-8(12)6-15-11(16)7-3-9(13)5-10(14)4-7/h3-5,8H,2,6H2,1H3,(H,15,16). The molecule has 1 aromatic carbocycles. The van der Waals surface area contributed by atoms with E-state index >= 15 is 0 Å². The van der Waals surface area contributed by atoms with Crippen molar-refractivity contribution < 1.29 is 9.18 Å². The van der Waals surface area contributed by atoms with Gasteiger partial charge < -0.3 is 5.32 Å². The summed E-state index contributed by atoms with van der Waals surface area (Å²) in [4.78, 5) is 11.9. The quantitative estimate of drug-likeness (QED) is 0.825. The first kappa shape index (κ1) is 13.6. The Bertz CT molecular complexity index is 364. The van der Waals surface area contributed by atoms with E-state index < -0.39 is 5.82 Å². The molecule has 1 N–H and O–H groups in total. The van der Waals surface area contributed by atoms with Gasteiger partial charge in [-0.05, 0) is 24.6 Å². The van der Waals surface area contributed by atoms with Gasteiger partial charge in [0.05, 0.1) is 0 Å². The lowest BCUT2D eigenvalue weighted by Gasteiger charge is -2.09. The summed E-state index contributed by atoms with van der Waals surface area (Å²) in [7, 11) is 0. The Morgan fingerprint density at radius 1 is 1.50 bits per heavy atom. The Morgan fingerprint density at radius 3 is 2.75 bits per heavy atom. The Morgan fingerprint density at radius 2 is 2.19 bits per heavy atom. The van der Waals surface area contributed by atoms with Crippen LogP contribution >= 0.6 is 31.9 Å². The van der Waals surface area contributed by atoms with Gasteiger partial charge in [-0.25, -0.2) is 4.39 Å². The minimum Gasteiger partial charge on any atom is -0.351 e. The predicted octanol–water partition coefficient (Wildman–Crippen LogP) is 3.49. The van der Waals surface area contributed by atoms with Crippen molar-refractivity contribution in [2.24, 2.45) is 0 Å². The number of carbonyl (C=O) groups is 1. The maximum absolute atomic E-state index is 13.0. The highest BCUT2D eigenvalue weighted by Gasteiger charge is 2.09. The first-order valence-electron chi connectivity index (χ1n) is 4.91. The lowest BCUT2D eigenvalue weighted by Crippen LogP contribution is -2.29. The molecular weight excluding hydrogens is 341 g/mol. The van der Waals surface area contributed by atoms with E-state index in [1.807, 2.05) is 6.92 Å². The molecule has 0 aliphatic heterocycles. The monoisotopic (exact) mass is 351 g/mol. The average Bonchev–Trinajstić information content (AvgIpc) is 2.23. The Labute approximate surface area is 111 Å². The van der Waals surface area contributed by atoms with Crippen molar-refractivity contribution in [3.05, 3.63) is 34.1 Å². The highest BCUT2D eigenvalue weighted by molar-refractivity contribution is 9.10. The van der Waals surface area contributed by atoms with Crippen LogP contribution in [0.4, 0.5) is 4.39 Å². The highest BCUT2D eigenvalue weighted by atomic mass is 79.9. The summed E-state index contributed by atoms with van der Waals surface area (Å²) in [6.45, 7) is 2.55. The zero-order chi connectivity index (χ0) is 12.1. The molecule has 1 aromatic rings. The molecule has 0 spiro atoms. The molecule has 0 heterocycles. The largest absolute Gasteiger partial charge is 0.351 e. The third kappa shape index (κ3) is 4.22. The number of carbonyl (C=O) groups excluding carboxylic acids is 1. The van der Waals surface area contributed by atoms with E-state index in [1.165, 1.54) is 12.1 Å². The van der Waals surface area contributed by atoms with E-state index in [1.54, 1.807) is 6.07 Å². The van der Waals surface area contributed by atoms with Gasteiger partial charge in [0.1, 0.15) is 5.82 Å². The Balaban J connectivity index is 2.66. The molecule has 1 amide bonds. The first-order valence-corrected chi connectivity index (χ1v) is 6.62. The van der Waals surface area contributed by atoms with E-state index in [0.717, 1.165) is 6.42 Å². The molecule has 88 valence electrons. The maximum atomic E-state index is 13.0. The number of rotatable bonds is 4. The van der Waals surface area contributed by atoms with E-state index in [2.05, 4.69) is 37.2 Å². The minimum atomic E-state index is -0.426. The molecule has 0 saturated heterocycles. The lowest BCUT2D eigenvalue weighted by molar-refractivity contribution is 0.0953. The van der Waals surface area contributed by atoms with Crippen LogP contribution in [0.3, 0.4) is 0 Å². The smallest absolute Gasteiger partial charge is 0.251 e. The van der Waals surface area contributed by atoms with Crippen molar-refractivity contribution in [1.82, 2.24) is 5.32 Å². The van der Waals surface area contributed by atoms with Gasteiger partial charge in [0.25, 0.3) is 5.91 Å². The summed E-state index contributed by atoms with van der Waals surface area (Å²) in [5, 5.41) is 2.73. The second kappa shape index (κ2) is 6.35. The maximum Gasteiger partial charge on any atom is 0.251 e. The van der Waals surface area contributed by atoms with Crippen LogP contribution in [0.25, 0.3) is 0 Å². The topological polar surface area (TPSA) is 29.1 Å². The fourth-order valence-corrected chi connectivity index (χ4v) is 1.76. The fourth-order valence-electron chi connectivity index (χ4n) is 1.13. The molecule has 0 aliphatic rings. The van der Waals surface area contributed by atoms with Crippen LogP contribution in [0.15, 0.2) is 22.7 Å². The average molecular weight is 353 g/mol. The zero-order valence-electron chi connectivity index (χ0n) is 8.77. The predicted molar refractivity (Wildman–Crippen MR) is 69.4 cm³/mol. The molecule has 0 bridgehead atoms. The van der Waals surface area contributed by atoms with E-state index in [-0.39, 0.29) is 10.7 Å². The van der Waals surface area contributed by atoms with Gasteiger partial charge in [0, 0.05) is 21.4 Å². The van der Waals surface area contributed by atoms with Crippen LogP contribution in [0.1, 0.15) is 23.7 Å². The van der Waals surface area contributed by atoms with E-state index in [0.29, 0.717) is 16.6 Å². The first-order chi connectivity index (χ1) is 7.52. The van der Waals surface area contributed by atoms with Gasteiger partial charge in [-0.15, -0.1) is 0 Å². The van der Waals surface area contributed by atoms with Crippen molar-refractivity contribution in [3.8, 4) is 0 Å². The molecule has 1 unspecified atom stereocenters. The molecule has 0 fully saturated rings. The molecule has 0 saturated carbocycles. The third-order valence-electron chi connectivity index (χ3n) is 2.05. The van der Waals surface area contributed by atoms with Crippen LogP contribution in [-0.2, 0) is 0 Å². The third-order valence-corrected chi connectivity index (χ3v) is 3.48. The number of nitrogens with one attached hydrogen (secondary N) is 1. The number of halogens is 3. The number of hydrogen-bond donors (Lipinski definition) is 1.